The number of aromatic nitrogens is 2. The zero-order valence-electron chi connectivity index (χ0n) is 16.4. The van der Waals surface area contributed by atoms with Crippen molar-refractivity contribution in [2.24, 2.45) is 0 Å². The van der Waals surface area contributed by atoms with E-state index in [1.54, 1.807) is 31.2 Å². The summed E-state index contributed by atoms with van der Waals surface area (Å²) in [6.45, 7) is 3.50. The van der Waals surface area contributed by atoms with Gasteiger partial charge in [-0.25, -0.2) is 9.78 Å². The Kier molecular flexibility index (Phi) is 4.13. The Balaban J connectivity index is 1.51. The van der Waals surface area contributed by atoms with Gasteiger partial charge in [0.05, 0.1) is 10.9 Å². The Hall–Kier alpha value is -3.93. The maximum absolute atomic E-state index is 12.9. The van der Waals surface area contributed by atoms with Crippen LogP contribution < -0.4 is 5.56 Å². The number of aromatic amines is 1. The van der Waals surface area contributed by atoms with Crippen LogP contribution in [-0.4, -0.2) is 15.9 Å². The molecule has 0 saturated carbocycles. The van der Waals surface area contributed by atoms with Gasteiger partial charge < -0.3 is 14.1 Å². The van der Waals surface area contributed by atoms with E-state index in [9.17, 15) is 9.59 Å². The van der Waals surface area contributed by atoms with Gasteiger partial charge in [-0.05, 0) is 31.4 Å². The topological polar surface area (TPSA) is 85.2 Å². The van der Waals surface area contributed by atoms with E-state index in [1.807, 2.05) is 43.3 Å². The van der Waals surface area contributed by atoms with Crippen LogP contribution in [0, 0.1) is 6.92 Å². The first-order chi connectivity index (χ1) is 14.5. The number of esters is 1. The molecule has 1 N–H and O–H groups in total. The molecule has 0 saturated heterocycles. The number of nitrogens with zero attached hydrogens (tertiary/aromatic N) is 1. The number of ether oxygens (including phenoxy) is 1. The lowest BCUT2D eigenvalue weighted by atomic mass is 10.1. The lowest BCUT2D eigenvalue weighted by Gasteiger charge is -2.12. The smallest absolute Gasteiger partial charge is 0.375 e. The van der Waals surface area contributed by atoms with Crippen molar-refractivity contribution in [3.8, 4) is 0 Å². The van der Waals surface area contributed by atoms with Gasteiger partial charge in [-0.15, -0.1) is 0 Å². The Morgan fingerprint density at radius 1 is 1.00 bits per heavy atom. The Labute approximate surface area is 171 Å². The minimum atomic E-state index is -0.751. The van der Waals surface area contributed by atoms with Gasteiger partial charge >= 0.3 is 5.97 Å². The first kappa shape index (κ1) is 18.1. The molecule has 5 rings (SSSR count). The van der Waals surface area contributed by atoms with Crippen LogP contribution in [0.4, 0.5) is 0 Å². The molecule has 0 fully saturated rings. The summed E-state index contributed by atoms with van der Waals surface area (Å²) in [5.74, 6) is -0.168. The molecule has 1 atom stereocenters. The number of furan rings is 1. The molecule has 3 aromatic carbocycles. The molecule has 6 nitrogen and oxygen atoms in total. The first-order valence-electron chi connectivity index (χ1n) is 9.63. The molecule has 0 radical (unpaired) electrons. The summed E-state index contributed by atoms with van der Waals surface area (Å²) in [6, 6.07) is 18.8. The number of para-hydroxylation sites is 1. The molecule has 2 heterocycles. The second-order valence-electron chi connectivity index (χ2n) is 7.24. The average Bonchev–Trinajstić information content (AvgIpc) is 3.11. The highest BCUT2D eigenvalue weighted by Crippen LogP contribution is 2.32. The lowest BCUT2D eigenvalue weighted by molar-refractivity contribution is 0.0285. The normalized spacial score (nSPS) is 12.5. The van der Waals surface area contributed by atoms with Crippen LogP contribution in [0.25, 0.3) is 32.6 Å². The SMILES string of the molecule is Cc1c(C(=O)O[C@@H](C)c2nc3ccccc3c(=O)[nH]2)oc2c1ccc1ccccc12. The van der Waals surface area contributed by atoms with Crippen LogP contribution in [0.2, 0.25) is 0 Å². The second kappa shape index (κ2) is 6.84. The van der Waals surface area contributed by atoms with Gasteiger partial charge in [0.1, 0.15) is 5.58 Å². The molecule has 0 aliphatic heterocycles. The molecule has 30 heavy (non-hydrogen) atoms. The number of H-pyrrole nitrogens is 1. The quantitative estimate of drug-likeness (QED) is 0.430. The molecular weight excluding hydrogens is 380 g/mol. The fourth-order valence-electron chi connectivity index (χ4n) is 3.71. The summed E-state index contributed by atoms with van der Waals surface area (Å²) < 4.78 is 11.5. The van der Waals surface area contributed by atoms with E-state index in [0.717, 1.165) is 16.2 Å². The number of nitrogens with one attached hydrogen (secondary N) is 1. The zero-order valence-corrected chi connectivity index (χ0v) is 16.4. The third kappa shape index (κ3) is 2.85. The van der Waals surface area contributed by atoms with Crippen molar-refractivity contribution in [2.45, 2.75) is 20.0 Å². The predicted octanol–water partition coefficient (Wildman–Crippen LogP) is 5.05. The van der Waals surface area contributed by atoms with Gasteiger partial charge in [0.2, 0.25) is 5.76 Å². The fraction of sp³-hybridized carbons (Fsp3) is 0.125. The number of fused-ring (bicyclic) bond motifs is 4. The number of hydrogen-bond donors (Lipinski definition) is 1. The molecule has 0 spiro atoms. The molecule has 0 unspecified atom stereocenters. The summed E-state index contributed by atoms with van der Waals surface area (Å²) >= 11 is 0. The fourth-order valence-corrected chi connectivity index (χ4v) is 3.71. The molecule has 0 aliphatic rings. The first-order valence-corrected chi connectivity index (χ1v) is 9.63. The van der Waals surface area contributed by atoms with Gasteiger partial charge in [0, 0.05) is 16.3 Å². The third-order valence-corrected chi connectivity index (χ3v) is 5.31. The van der Waals surface area contributed by atoms with Crippen LogP contribution in [-0.2, 0) is 4.74 Å². The number of aryl methyl sites for hydroxylation is 1. The van der Waals surface area contributed by atoms with Gasteiger partial charge in [0.25, 0.3) is 5.56 Å². The van der Waals surface area contributed by atoms with Crippen molar-refractivity contribution in [3.63, 3.8) is 0 Å². The van der Waals surface area contributed by atoms with E-state index >= 15 is 0 Å². The van der Waals surface area contributed by atoms with Crippen LogP contribution in [0.15, 0.2) is 69.9 Å². The van der Waals surface area contributed by atoms with E-state index < -0.39 is 12.1 Å². The Morgan fingerprint density at radius 3 is 2.57 bits per heavy atom. The Morgan fingerprint density at radius 2 is 1.73 bits per heavy atom. The van der Waals surface area contributed by atoms with Crippen molar-refractivity contribution < 1.29 is 13.9 Å². The average molecular weight is 398 g/mol. The van der Waals surface area contributed by atoms with E-state index in [-0.39, 0.29) is 17.1 Å². The van der Waals surface area contributed by atoms with Crippen molar-refractivity contribution in [2.75, 3.05) is 0 Å². The highest BCUT2D eigenvalue weighted by Gasteiger charge is 2.23. The summed E-state index contributed by atoms with van der Waals surface area (Å²) in [5, 5.41) is 3.32. The molecule has 2 aromatic heterocycles. The zero-order chi connectivity index (χ0) is 20.8. The lowest BCUT2D eigenvalue weighted by Crippen LogP contribution is -2.17. The predicted molar refractivity (Wildman–Crippen MR) is 115 cm³/mol. The maximum atomic E-state index is 12.9. The number of benzene rings is 3. The maximum Gasteiger partial charge on any atom is 0.375 e. The van der Waals surface area contributed by atoms with Crippen molar-refractivity contribution in [1.82, 2.24) is 9.97 Å². The summed E-state index contributed by atoms with van der Waals surface area (Å²) in [6.07, 6.45) is -0.751. The van der Waals surface area contributed by atoms with Gasteiger partial charge in [-0.2, -0.15) is 0 Å². The number of carbonyl (C=O) groups excluding carboxylic acids is 1. The number of rotatable bonds is 3. The molecule has 6 heteroatoms. The van der Waals surface area contributed by atoms with Crippen LogP contribution in [0.3, 0.4) is 0 Å². The molecule has 0 aliphatic carbocycles. The Bertz CT molecular complexity index is 1500. The van der Waals surface area contributed by atoms with Crippen LogP contribution in [0.5, 0.6) is 0 Å². The third-order valence-electron chi connectivity index (χ3n) is 5.31. The second-order valence-corrected chi connectivity index (χ2v) is 7.24. The van der Waals surface area contributed by atoms with E-state index in [1.165, 1.54) is 0 Å². The molecule has 0 amide bonds. The highest BCUT2D eigenvalue weighted by molar-refractivity contribution is 6.08. The van der Waals surface area contributed by atoms with Crippen molar-refractivity contribution in [1.29, 1.82) is 0 Å². The summed E-state index contributed by atoms with van der Waals surface area (Å²) in [5.41, 5.74) is 1.64. The van der Waals surface area contributed by atoms with E-state index in [0.29, 0.717) is 22.0 Å². The molecule has 148 valence electrons. The number of hydrogen-bond acceptors (Lipinski definition) is 5. The summed E-state index contributed by atoms with van der Waals surface area (Å²) in [4.78, 5) is 32.3. The highest BCUT2D eigenvalue weighted by atomic mass is 16.6. The van der Waals surface area contributed by atoms with Crippen molar-refractivity contribution >= 4 is 38.6 Å². The van der Waals surface area contributed by atoms with Gasteiger partial charge in [-0.1, -0.05) is 48.5 Å². The van der Waals surface area contributed by atoms with Crippen LogP contribution in [0.1, 0.15) is 35.0 Å². The minimum absolute atomic E-state index is 0.149. The molecule has 5 aromatic rings. The molecular formula is C24H18N2O4. The summed E-state index contributed by atoms with van der Waals surface area (Å²) in [7, 11) is 0. The van der Waals surface area contributed by atoms with E-state index in [4.69, 9.17) is 9.15 Å². The van der Waals surface area contributed by atoms with Crippen LogP contribution >= 0.6 is 0 Å². The number of carbonyl (C=O) groups is 1. The molecule has 0 bridgehead atoms. The van der Waals surface area contributed by atoms with Gasteiger partial charge in [0.15, 0.2) is 11.9 Å². The standard InChI is InChI=1S/C24H18N2O4/c1-13-16-12-11-15-7-3-4-8-17(15)21(16)30-20(13)24(28)29-14(2)22-25-19-10-6-5-9-18(19)23(27)26-22/h3-12,14H,1-2H3,(H,25,26,27)/t14-/m0/s1. The minimum Gasteiger partial charge on any atom is -0.449 e. The van der Waals surface area contributed by atoms with E-state index in [2.05, 4.69) is 9.97 Å². The van der Waals surface area contributed by atoms with Gasteiger partial charge in [-0.3, -0.25) is 4.79 Å². The van der Waals surface area contributed by atoms with Crippen molar-refractivity contribution in [3.05, 3.63) is 88.2 Å². The largest absolute Gasteiger partial charge is 0.449 e. The monoisotopic (exact) mass is 398 g/mol.